The van der Waals surface area contributed by atoms with E-state index in [1.165, 1.54) is 70.4 Å². The predicted octanol–water partition coefficient (Wildman–Crippen LogP) is 2.28. The number of carbonyl (C=O) groups excluding carboxylic acids is 2. The summed E-state index contributed by atoms with van der Waals surface area (Å²) in [5.74, 6) is -0.488. The number of imidazole rings is 1. The first kappa shape index (κ1) is 33.6. The Hall–Kier alpha value is -2.87. The van der Waals surface area contributed by atoms with E-state index in [1.807, 2.05) is 0 Å². The minimum absolute atomic E-state index is 0.219. The number of H-pyrrole nitrogens is 1. The molecule has 1 fully saturated rings. The van der Waals surface area contributed by atoms with E-state index < -0.39 is 49.1 Å². The van der Waals surface area contributed by atoms with Crippen molar-refractivity contribution in [3.8, 4) is 0 Å². The topological polar surface area (TPSA) is 195 Å². The summed E-state index contributed by atoms with van der Waals surface area (Å²) in [4.78, 5) is 40.3. The van der Waals surface area contributed by atoms with E-state index in [2.05, 4.69) is 42.8 Å². The smallest absolute Gasteiger partial charge is 0.242 e. The number of anilines is 1. The van der Waals surface area contributed by atoms with Crippen molar-refractivity contribution in [2.45, 2.75) is 134 Å². The lowest BCUT2D eigenvalue weighted by atomic mass is 9.95. The lowest BCUT2D eigenvalue weighted by Gasteiger charge is -2.43. The SMILES string of the molecule is CCCCCCCCCCCCCCC(=O)N[C@@H](C)C(=O)N[C@@H]1[C@@H](O)[C@H](O)[C@@H](Nc2ncnc3nc[nH]c23)O[C@H]1CO. The van der Waals surface area contributed by atoms with Crippen LogP contribution in [-0.4, -0.2) is 90.3 Å². The second-order valence-electron chi connectivity index (χ2n) is 11.2. The van der Waals surface area contributed by atoms with Crippen LogP contribution in [-0.2, 0) is 14.3 Å². The fourth-order valence-electron chi connectivity index (χ4n) is 5.22. The summed E-state index contributed by atoms with van der Waals surface area (Å²) in [6.45, 7) is 3.25. The van der Waals surface area contributed by atoms with Crippen molar-refractivity contribution >= 4 is 28.8 Å². The molecule has 0 unspecified atom stereocenters. The number of aliphatic hydroxyl groups is 3. The Morgan fingerprint density at radius 3 is 2.24 bits per heavy atom. The van der Waals surface area contributed by atoms with Crippen molar-refractivity contribution in [2.24, 2.45) is 0 Å². The molecule has 2 aromatic heterocycles. The van der Waals surface area contributed by atoms with Gasteiger partial charge in [0.1, 0.15) is 36.2 Å². The van der Waals surface area contributed by atoms with Crippen molar-refractivity contribution in [1.82, 2.24) is 30.6 Å². The maximum Gasteiger partial charge on any atom is 0.242 e. The summed E-state index contributed by atoms with van der Waals surface area (Å²) in [5.41, 5.74) is 0.879. The molecule has 0 aliphatic carbocycles. The molecule has 6 atom stereocenters. The third-order valence-electron chi connectivity index (χ3n) is 7.77. The number of aliphatic hydroxyl groups excluding tert-OH is 3. The molecule has 0 aromatic carbocycles. The molecule has 3 heterocycles. The zero-order chi connectivity index (χ0) is 30.3. The fourth-order valence-corrected chi connectivity index (χ4v) is 5.22. The molecule has 1 aliphatic heterocycles. The number of carbonyl (C=O) groups is 2. The van der Waals surface area contributed by atoms with Crippen molar-refractivity contribution in [3.63, 3.8) is 0 Å². The van der Waals surface area contributed by atoms with Gasteiger partial charge in [0.2, 0.25) is 11.8 Å². The third kappa shape index (κ3) is 10.1. The molecule has 2 aromatic rings. The van der Waals surface area contributed by atoms with Gasteiger partial charge in [-0.3, -0.25) is 9.59 Å². The van der Waals surface area contributed by atoms with Crippen LogP contribution in [0.25, 0.3) is 11.2 Å². The van der Waals surface area contributed by atoms with Crippen LogP contribution in [0.15, 0.2) is 12.7 Å². The normalized spacial score (nSPS) is 23.0. The molecule has 13 nitrogen and oxygen atoms in total. The Morgan fingerprint density at radius 2 is 1.60 bits per heavy atom. The molecular formula is C29H49N7O6. The summed E-state index contributed by atoms with van der Waals surface area (Å²) in [7, 11) is 0. The standard InChI is InChI=1S/C29H49N7O6/c1-3-4-5-6-7-8-9-10-11-12-13-14-15-21(38)34-19(2)28(41)35-22-20(16-37)42-29(25(40)24(22)39)36-27-23-26(31-17-30-23)32-18-33-27/h17-20,22,24-25,29,37,39-40H,3-16H2,1-2H3,(H,34,38)(H,35,41)(H2,30,31,32,33,36)/t19-,20-,22-,24+,25-,29-/m0/s1. The molecule has 2 amide bonds. The maximum absolute atomic E-state index is 12.8. The first-order valence-electron chi connectivity index (χ1n) is 15.5. The summed E-state index contributed by atoms with van der Waals surface area (Å²) in [6.07, 6.45) is 12.4. The van der Waals surface area contributed by atoms with Crippen molar-refractivity contribution < 1.29 is 29.6 Å². The van der Waals surface area contributed by atoms with Crippen molar-refractivity contribution in [3.05, 3.63) is 12.7 Å². The molecule has 1 saturated heterocycles. The van der Waals surface area contributed by atoms with Gasteiger partial charge in [-0.25, -0.2) is 15.0 Å². The fraction of sp³-hybridized carbons (Fsp3) is 0.759. The molecule has 3 rings (SSSR count). The van der Waals surface area contributed by atoms with Crippen LogP contribution >= 0.6 is 0 Å². The highest BCUT2D eigenvalue weighted by molar-refractivity contribution is 5.87. The zero-order valence-electron chi connectivity index (χ0n) is 24.9. The number of aromatic amines is 1. The summed E-state index contributed by atoms with van der Waals surface area (Å²) in [6, 6.07) is -1.98. The molecule has 13 heteroatoms. The van der Waals surface area contributed by atoms with Gasteiger partial charge in [-0.1, -0.05) is 77.6 Å². The Balaban J connectivity index is 1.35. The number of hydrogen-bond donors (Lipinski definition) is 7. The highest BCUT2D eigenvalue weighted by Gasteiger charge is 2.45. The number of rotatable bonds is 19. The second kappa shape index (κ2) is 17.9. The quantitative estimate of drug-likeness (QED) is 0.119. The number of nitrogens with one attached hydrogen (secondary N) is 4. The van der Waals surface area contributed by atoms with Gasteiger partial charge in [-0.15, -0.1) is 0 Å². The number of fused-ring (bicyclic) bond motifs is 1. The van der Waals surface area contributed by atoms with E-state index in [9.17, 15) is 24.9 Å². The highest BCUT2D eigenvalue weighted by atomic mass is 16.5. The number of hydrogen-bond acceptors (Lipinski definition) is 10. The number of ether oxygens (including phenoxy) is 1. The number of nitrogens with zero attached hydrogens (tertiary/aromatic N) is 3. The Labute approximate surface area is 247 Å². The molecule has 0 saturated carbocycles. The molecule has 0 radical (unpaired) electrons. The van der Waals surface area contributed by atoms with Crippen LogP contribution in [0.2, 0.25) is 0 Å². The molecule has 42 heavy (non-hydrogen) atoms. The first-order chi connectivity index (χ1) is 20.3. The van der Waals surface area contributed by atoms with E-state index in [0.29, 0.717) is 17.6 Å². The minimum atomic E-state index is -1.47. The Kier molecular flexibility index (Phi) is 14.4. The van der Waals surface area contributed by atoms with Crippen LogP contribution in [0.3, 0.4) is 0 Å². The van der Waals surface area contributed by atoms with E-state index in [4.69, 9.17) is 4.74 Å². The van der Waals surface area contributed by atoms with E-state index in [0.717, 1.165) is 19.3 Å². The molecule has 236 valence electrons. The lowest BCUT2D eigenvalue weighted by molar-refractivity contribution is -0.185. The van der Waals surface area contributed by atoms with Crippen LogP contribution in [0, 0.1) is 0 Å². The first-order valence-corrected chi connectivity index (χ1v) is 15.5. The monoisotopic (exact) mass is 591 g/mol. The van der Waals surface area contributed by atoms with Crippen molar-refractivity contribution in [2.75, 3.05) is 11.9 Å². The molecule has 0 spiro atoms. The third-order valence-corrected chi connectivity index (χ3v) is 7.77. The van der Waals surface area contributed by atoms with E-state index >= 15 is 0 Å². The molecule has 0 bridgehead atoms. The summed E-state index contributed by atoms with van der Waals surface area (Å²) < 4.78 is 5.78. The number of unbranched alkanes of at least 4 members (excludes halogenated alkanes) is 11. The van der Waals surface area contributed by atoms with Gasteiger partial charge in [0.05, 0.1) is 19.0 Å². The maximum atomic E-state index is 12.8. The summed E-state index contributed by atoms with van der Waals surface area (Å²) in [5, 5.41) is 39.7. The zero-order valence-corrected chi connectivity index (χ0v) is 24.9. The van der Waals surface area contributed by atoms with E-state index in [1.54, 1.807) is 6.92 Å². The Morgan fingerprint density at radius 1 is 0.952 bits per heavy atom. The average molecular weight is 592 g/mol. The van der Waals surface area contributed by atoms with Crippen molar-refractivity contribution in [1.29, 1.82) is 0 Å². The molecule has 7 N–H and O–H groups in total. The minimum Gasteiger partial charge on any atom is -0.394 e. The van der Waals surface area contributed by atoms with Gasteiger partial charge in [0.15, 0.2) is 17.7 Å². The van der Waals surface area contributed by atoms with Crippen LogP contribution in [0.1, 0.15) is 97.3 Å². The Bertz CT molecular complexity index is 1080. The average Bonchev–Trinajstić information content (AvgIpc) is 3.47. The lowest BCUT2D eigenvalue weighted by Crippen LogP contribution is -2.67. The number of aromatic nitrogens is 4. The number of amides is 2. The van der Waals surface area contributed by atoms with Crippen LogP contribution in [0.4, 0.5) is 5.82 Å². The van der Waals surface area contributed by atoms with Crippen LogP contribution < -0.4 is 16.0 Å². The highest BCUT2D eigenvalue weighted by Crippen LogP contribution is 2.24. The van der Waals surface area contributed by atoms with Gasteiger partial charge in [0, 0.05) is 6.42 Å². The van der Waals surface area contributed by atoms with Gasteiger partial charge >= 0.3 is 0 Å². The molecular weight excluding hydrogens is 542 g/mol. The largest absolute Gasteiger partial charge is 0.394 e. The van der Waals surface area contributed by atoms with Gasteiger partial charge in [-0.2, -0.15) is 0 Å². The predicted molar refractivity (Wildman–Crippen MR) is 158 cm³/mol. The van der Waals surface area contributed by atoms with Gasteiger partial charge in [-0.05, 0) is 13.3 Å². The molecule has 1 aliphatic rings. The van der Waals surface area contributed by atoms with Crippen LogP contribution in [0.5, 0.6) is 0 Å². The van der Waals surface area contributed by atoms with Gasteiger partial charge in [0.25, 0.3) is 0 Å². The van der Waals surface area contributed by atoms with Gasteiger partial charge < -0.3 is 41.0 Å². The second-order valence-corrected chi connectivity index (χ2v) is 11.2. The van der Waals surface area contributed by atoms with E-state index in [-0.39, 0.29) is 11.7 Å². The summed E-state index contributed by atoms with van der Waals surface area (Å²) >= 11 is 0.